The normalized spacial score (nSPS) is 14.6. The molecule has 4 nitrogen and oxygen atoms in total. The standard InChI is InChI=1S/C24H18ClNO3/c1-16-9-11-18(12-10-16)23-26-21(24(27)29-23)14-19-6-2-3-8-22(19)28-15-17-5-4-7-20(25)13-17/h2-14H,15H2,1H3/b21-14-. The highest BCUT2D eigenvalue weighted by Crippen LogP contribution is 2.26. The molecule has 0 unspecified atom stereocenters. The van der Waals surface area contributed by atoms with Crippen LogP contribution in [0.4, 0.5) is 0 Å². The summed E-state index contributed by atoms with van der Waals surface area (Å²) >= 11 is 6.03. The van der Waals surface area contributed by atoms with E-state index in [0.717, 1.165) is 22.3 Å². The molecule has 0 N–H and O–H groups in total. The van der Waals surface area contributed by atoms with Gasteiger partial charge in [0.25, 0.3) is 0 Å². The largest absolute Gasteiger partial charge is 0.488 e. The van der Waals surface area contributed by atoms with Crippen molar-refractivity contribution in [2.45, 2.75) is 13.5 Å². The molecule has 144 valence electrons. The second kappa shape index (κ2) is 8.33. The summed E-state index contributed by atoms with van der Waals surface area (Å²) in [6.07, 6.45) is 1.68. The Labute approximate surface area is 174 Å². The molecule has 5 heteroatoms. The predicted molar refractivity (Wildman–Crippen MR) is 114 cm³/mol. The van der Waals surface area contributed by atoms with E-state index < -0.39 is 5.97 Å². The molecule has 0 aliphatic carbocycles. The summed E-state index contributed by atoms with van der Waals surface area (Å²) in [4.78, 5) is 16.7. The number of ether oxygens (including phenoxy) is 2. The Balaban J connectivity index is 1.57. The van der Waals surface area contributed by atoms with Crippen molar-refractivity contribution in [2.75, 3.05) is 0 Å². The average Bonchev–Trinajstić information content (AvgIpc) is 3.08. The van der Waals surface area contributed by atoms with Crippen molar-refractivity contribution in [1.29, 1.82) is 0 Å². The minimum Gasteiger partial charge on any atom is -0.488 e. The Kier molecular flexibility index (Phi) is 5.45. The fourth-order valence-electron chi connectivity index (χ4n) is 2.90. The summed E-state index contributed by atoms with van der Waals surface area (Å²) in [6.45, 7) is 2.36. The summed E-state index contributed by atoms with van der Waals surface area (Å²) in [7, 11) is 0. The number of cyclic esters (lactones) is 1. The van der Waals surface area contributed by atoms with E-state index in [9.17, 15) is 4.79 Å². The number of hydrogen-bond acceptors (Lipinski definition) is 4. The fraction of sp³-hybridized carbons (Fsp3) is 0.0833. The van der Waals surface area contributed by atoms with Gasteiger partial charge in [-0.3, -0.25) is 0 Å². The van der Waals surface area contributed by atoms with Crippen molar-refractivity contribution in [1.82, 2.24) is 0 Å². The van der Waals surface area contributed by atoms with Gasteiger partial charge in [0.1, 0.15) is 12.4 Å². The molecule has 0 radical (unpaired) electrons. The van der Waals surface area contributed by atoms with E-state index in [-0.39, 0.29) is 5.70 Å². The molecule has 0 saturated carbocycles. The molecule has 0 bridgehead atoms. The summed E-state index contributed by atoms with van der Waals surface area (Å²) in [5, 5.41) is 0.660. The van der Waals surface area contributed by atoms with Gasteiger partial charge in [-0.15, -0.1) is 0 Å². The number of carbonyl (C=O) groups excluding carboxylic acids is 1. The van der Waals surface area contributed by atoms with Crippen LogP contribution in [0.5, 0.6) is 5.75 Å². The maximum Gasteiger partial charge on any atom is 0.363 e. The number of rotatable bonds is 5. The molecule has 1 heterocycles. The topological polar surface area (TPSA) is 47.9 Å². The molecule has 0 aromatic heterocycles. The highest BCUT2D eigenvalue weighted by molar-refractivity contribution is 6.30. The van der Waals surface area contributed by atoms with Gasteiger partial charge in [0, 0.05) is 16.1 Å². The van der Waals surface area contributed by atoms with E-state index in [1.807, 2.05) is 79.7 Å². The molecule has 3 aromatic rings. The lowest BCUT2D eigenvalue weighted by molar-refractivity contribution is -0.129. The first-order valence-electron chi connectivity index (χ1n) is 9.14. The second-order valence-corrected chi connectivity index (χ2v) is 7.09. The molecule has 0 saturated heterocycles. The lowest BCUT2D eigenvalue weighted by Crippen LogP contribution is -2.05. The maximum absolute atomic E-state index is 12.3. The first-order chi connectivity index (χ1) is 14.1. The third-order valence-corrected chi connectivity index (χ3v) is 4.65. The quantitative estimate of drug-likeness (QED) is 0.413. The minimum absolute atomic E-state index is 0.236. The Morgan fingerprint density at radius 1 is 1.03 bits per heavy atom. The van der Waals surface area contributed by atoms with Gasteiger partial charge in [0.05, 0.1) is 0 Å². The number of benzene rings is 3. The lowest BCUT2D eigenvalue weighted by Gasteiger charge is -2.09. The molecule has 0 atom stereocenters. The van der Waals surface area contributed by atoms with Crippen molar-refractivity contribution >= 4 is 29.5 Å². The molecule has 1 aliphatic rings. The first kappa shape index (κ1) is 19.0. The van der Waals surface area contributed by atoms with Gasteiger partial charge in [0.2, 0.25) is 5.90 Å². The summed E-state index contributed by atoms with van der Waals surface area (Å²) in [6, 6.07) is 22.6. The Bertz CT molecular complexity index is 1120. The summed E-state index contributed by atoms with van der Waals surface area (Å²) in [5.41, 5.74) is 3.83. The Hall–Kier alpha value is -3.37. The molecule has 29 heavy (non-hydrogen) atoms. The number of aryl methyl sites for hydroxylation is 1. The molecule has 3 aromatic carbocycles. The molecule has 4 rings (SSSR count). The van der Waals surface area contributed by atoms with Gasteiger partial charge in [-0.1, -0.05) is 59.6 Å². The number of esters is 1. The number of carbonyl (C=O) groups is 1. The highest BCUT2D eigenvalue weighted by Gasteiger charge is 2.24. The molecule has 1 aliphatic heterocycles. The van der Waals surface area contributed by atoms with Crippen molar-refractivity contribution in [3.63, 3.8) is 0 Å². The van der Waals surface area contributed by atoms with Crippen LogP contribution < -0.4 is 4.74 Å². The lowest BCUT2D eigenvalue weighted by atomic mass is 10.1. The molecule has 0 spiro atoms. The Morgan fingerprint density at radius 3 is 2.62 bits per heavy atom. The molecular formula is C24H18ClNO3. The van der Waals surface area contributed by atoms with Gasteiger partial charge in [-0.05, 0) is 48.9 Å². The Morgan fingerprint density at radius 2 is 1.83 bits per heavy atom. The number of hydrogen-bond donors (Lipinski definition) is 0. The van der Waals surface area contributed by atoms with Gasteiger partial charge in [0.15, 0.2) is 5.70 Å². The van der Waals surface area contributed by atoms with Gasteiger partial charge in [-0.2, -0.15) is 0 Å². The van der Waals surface area contributed by atoms with E-state index in [1.165, 1.54) is 0 Å². The number of halogens is 1. The third-order valence-electron chi connectivity index (χ3n) is 4.41. The van der Waals surface area contributed by atoms with Crippen LogP contribution >= 0.6 is 11.6 Å². The van der Waals surface area contributed by atoms with Crippen LogP contribution in [0.2, 0.25) is 5.02 Å². The monoisotopic (exact) mass is 403 g/mol. The summed E-state index contributed by atoms with van der Waals surface area (Å²) < 4.78 is 11.3. The SMILES string of the molecule is Cc1ccc(C2=N/C(=C\c3ccccc3OCc3cccc(Cl)c3)C(=O)O2)cc1. The van der Waals surface area contributed by atoms with Crippen LogP contribution in [0.1, 0.15) is 22.3 Å². The van der Waals surface area contributed by atoms with Crippen molar-refractivity contribution in [3.8, 4) is 5.75 Å². The van der Waals surface area contributed by atoms with E-state index in [0.29, 0.717) is 23.3 Å². The van der Waals surface area contributed by atoms with Crippen molar-refractivity contribution in [3.05, 3.63) is 106 Å². The average molecular weight is 404 g/mol. The van der Waals surface area contributed by atoms with E-state index in [1.54, 1.807) is 6.08 Å². The van der Waals surface area contributed by atoms with Gasteiger partial charge in [-0.25, -0.2) is 9.79 Å². The van der Waals surface area contributed by atoms with Gasteiger partial charge >= 0.3 is 5.97 Å². The van der Waals surface area contributed by atoms with Crippen LogP contribution in [-0.4, -0.2) is 11.9 Å². The van der Waals surface area contributed by atoms with Crippen LogP contribution in [-0.2, 0) is 16.1 Å². The van der Waals surface area contributed by atoms with Crippen molar-refractivity contribution < 1.29 is 14.3 Å². The van der Waals surface area contributed by atoms with Crippen LogP contribution in [0.25, 0.3) is 6.08 Å². The van der Waals surface area contributed by atoms with Crippen LogP contribution in [0.3, 0.4) is 0 Å². The zero-order valence-electron chi connectivity index (χ0n) is 15.8. The maximum atomic E-state index is 12.3. The number of nitrogens with zero attached hydrogens (tertiary/aromatic N) is 1. The molecular weight excluding hydrogens is 386 g/mol. The fourth-order valence-corrected chi connectivity index (χ4v) is 3.11. The van der Waals surface area contributed by atoms with E-state index in [4.69, 9.17) is 21.1 Å². The predicted octanol–water partition coefficient (Wildman–Crippen LogP) is 5.57. The van der Waals surface area contributed by atoms with Crippen LogP contribution in [0.15, 0.2) is 83.5 Å². The first-order valence-corrected chi connectivity index (χ1v) is 9.52. The van der Waals surface area contributed by atoms with E-state index in [2.05, 4.69) is 4.99 Å². The van der Waals surface area contributed by atoms with Gasteiger partial charge < -0.3 is 9.47 Å². The number of aliphatic imine (C=N–C) groups is 1. The molecule has 0 fully saturated rings. The second-order valence-electron chi connectivity index (χ2n) is 6.66. The van der Waals surface area contributed by atoms with Crippen LogP contribution in [0, 0.1) is 6.92 Å². The highest BCUT2D eigenvalue weighted by atomic mass is 35.5. The van der Waals surface area contributed by atoms with E-state index >= 15 is 0 Å². The van der Waals surface area contributed by atoms with Crippen molar-refractivity contribution in [2.24, 2.45) is 4.99 Å². The minimum atomic E-state index is -0.481. The smallest absolute Gasteiger partial charge is 0.363 e. The number of para-hydroxylation sites is 1. The third kappa shape index (κ3) is 4.55. The molecule has 0 amide bonds. The summed E-state index contributed by atoms with van der Waals surface area (Å²) in [5.74, 6) is 0.468. The zero-order valence-corrected chi connectivity index (χ0v) is 16.5. The zero-order chi connectivity index (χ0) is 20.2.